The second-order valence-electron chi connectivity index (χ2n) is 4.86. The summed E-state index contributed by atoms with van der Waals surface area (Å²) in [4.78, 5) is 12.2. The summed E-state index contributed by atoms with van der Waals surface area (Å²) >= 11 is 5.10. The van der Waals surface area contributed by atoms with E-state index in [4.69, 9.17) is 17.0 Å². The van der Waals surface area contributed by atoms with Gasteiger partial charge in [-0.25, -0.2) is 0 Å². The van der Waals surface area contributed by atoms with Crippen molar-refractivity contribution in [3.63, 3.8) is 0 Å². The van der Waals surface area contributed by atoms with Gasteiger partial charge in [0, 0.05) is 0 Å². The Labute approximate surface area is 123 Å². The number of ether oxygens (including phenoxy) is 1. The molecule has 20 heavy (non-hydrogen) atoms. The monoisotopic (exact) mass is 294 g/mol. The van der Waals surface area contributed by atoms with E-state index in [0.29, 0.717) is 5.11 Å². The number of hydrogen-bond acceptors (Lipinski definition) is 4. The molecule has 1 fully saturated rings. The highest BCUT2D eigenvalue weighted by molar-refractivity contribution is 7.80. The molecule has 1 heterocycles. The van der Waals surface area contributed by atoms with E-state index in [1.807, 2.05) is 30.3 Å². The third-order valence-corrected chi connectivity index (χ3v) is 3.51. The highest BCUT2D eigenvalue weighted by atomic mass is 32.1. The van der Waals surface area contributed by atoms with Gasteiger partial charge in [0.2, 0.25) is 0 Å². The maximum Gasteiger partial charge on any atom is 0.316 e. The highest BCUT2D eigenvalue weighted by Gasteiger charge is 2.48. The van der Waals surface area contributed by atoms with Gasteiger partial charge in [0.1, 0.15) is 11.6 Å². The molecule has 0 spiro atoms. The van der Waals surface area contributed by atoms with Crippen molar-refractivity contribution in [2.75, 3.05) is 6.61 Å². The van der Waals surface area contributed by atoms with Crippen LogP contribution in [0.25, 0.3) is 0 Å². The molecule has 1 aromatic rings. The minimum Gasteiger partial charge on any atom is -0.466 e. The Morgan fingerprint density at radius 2 is 2.10 bits per heavy atom. The molecule has 0 unspecified atom stereocenters. The maximum atomic E-state index is 12.2. The highest BCUT2D eigenvalue weighted by Crippen LogP contribution is 2.33. The number of aliphatic hydroxyl groups is 1. The summed E-state index contributed by atoms with van der Waals surface area (Å²) in [7, 11) is 0. The van der Waals surface area contributed by atoms with Crippen LogP contribution in [0.4, 0.5) is 0 Å². The lowest BCUT2D eigenvalue weighted by atomic mass is 9.83. The molecule has 1 aromatic carbocycles. The molecule has 0 bridgehead atoms. The zero-order valence-electron chi connectivity index (χ0n) is 11.4. The lowest BCUT2D eigenvalue weighted by molar-refractivity contribution is -0.162. The zero-order chi connectivity index (χ0) is 14.8. The van der Waals surface area contributed by atoms with Crippen molar-refractivity contribution >= 4 is 23.3 Å². The topological polar surface area (TPSA) is 70.6 Å². The van der Waals surface area contributed by atoms with Crippen LogP contribution in [0.3, 0.4) is 0 Å². The fourth-order valence-corrected chi connectivity index (χ4v) is 2.76. The molecule has 3 N–H and O–H groups in total. The Kier molecular flexibility index (Phi) is 4.25. The molecule has 0 saturated carbocycles. The molecule has 3 atom stereocenters. The summed E-state index contributed by atoms with van der Waals surface area (Å²) < 4.78 is 5.08. The predicted molar refractivity (Wildman–Crippen MR) is 78.8 cm³/mol. The molecular weight excluding hydrogens is 276 g/mol. The van der Waals surface area contributed by atoms with Gasteiger partial charge in [0.05, 0.1) is 12.6 Å². The van der Waals surface area contributed by atoms with Gasteiger partial charge in [-0.15, -0.1) is 0 Å². The van der Waals surface area contributed by atoms with Crippen LogP contribution in [0.5, 0.6) is 0 Å². The first kappa shape index (κ1) is 14.7. The fraction of sp³-hybridized carbons (Fsp3) is 0.429. The first-order chi connectivity index (χ1) is 9.45. The molecule has 1 aliphatic heterocycles. The zero-order valence-corrected chi connectivity index (χ0v) is 12.2. The van der Waals surface area contributed by atoms with E-state index >= 15 is 0 Å². The summed E-state index contributed by atoms with van der Waals surface area (Å²) in [6.07, 6.45) is 0. The Morgan fingerprint density at radius 3 is 2.70 bits per heavy atom. The number of nitrogens with one attached hydrogen (secondary N) is 2. The first-order valence-electron chi connectivity index (χ1n) is 6.48. The number of carbonyl (C=O) groups is 1. The molecule has 1 saturated heterocycles. The van der Waals surface area contributed by atoms with Crippen LogP contribution >= 0.6 is 12.2 Å². The van der Waals surface area contributed by atoms with Crippen LogP contribution in [0.15, 0.2) is 30.3 Å². The molecular formula is C14H18N2O3S. The third kappa shape index (κ3) is 2.91. The summed E-state index contributed by atoms with van der Waals surface area (Å²) in [6.45, 7) is 3.52. The summed E-state index contributed by atoms with van der Waals surface area (Å²) in [5, 5.41) is 16.6. The van der Waals surface area contributed by atoms with Crippen LogP contribution in [-0.4, -0.2) is 28.5 Å². The van der Waals surface area contributed by atoms with Crippen molar-refractivity contribution in [2.24, 2.45) is 5.92 Å². The lowest BCUT2D eigenvalue weighted by Gasteiger charge is -2.43. The van der Waals surface area contributed by atoms with E-state index in [-0.39, 0.29) is 6.61 Å². The van der Waals surface area contributed by atoms with Gasteiger partial charge in [-0.1, -0.05) is 30.3 Å². The standard InChI is InChI=1S/C14H18N2O3S/c1-3-19-12(17)10-11(9-7-5-4-6-8-9)15-13(20)16-14(10,2)18/h4-8,10-11,18H,3H2,1-2H3,(H2,15,16,20)/t10-,11-,14-/m0/s1. The van der Waals surface area contributed by atoms with E-state index in [2.05, 4.69) is 10.6 Å². The van der Waals surface area contributed by atoms with E-state index in [1.165, 1.54) is 6.92 Å². The maximum absolute atomic E-state index is 12.2. The van der Waals surface area contributed by atoms with Crippen molar-refractivity contribution in [2.45, 2.75) is 25.6 Å². The second-order valence-corrected chi connectivity index (χ2v) is 5.27. The van der Waals surface area contributed by atoms with Crippen LogP contribution in [0, 0.1) is 5.92 Å². The van der Waals surface area contributed by atoms with E-state index in [0.717, 1.165) is 5.56 Å². The smallest absolute Gasteiger partial charge is 0.316 e. The first-order valence-corrected chi connectivity index (χ1v) is 6.89. The molecule has 5 nitrogen and oxygen atoms in total. The quantitative estimate of drug-likeness (QED) is 0.573. The molecule has 0 aliphatic carbocycles. The molecule has 1 aliphatic rings. The van der Waals surface area contributed by atoms with E-state index in [9.17, 15) is 9.90 Å². The minimum atomic E-state index is -1.46. The van der Waals surface area contributed by atoms with Gasteiger partial charge in [0.15, 0.2) is 5.11 Å². The van der Waals surface area contributed by atoms with Gasteiger partial charge in [-0.3, -0.25) is 4.79 Å². The molecule has 108 valence electrons. The Morgan fingerprint density at radius 1 is 1.45 bits per heavy atom. The molecule has 2 rings (SSSR count). The van der Waals surface area contributed by atoms with Crippen molar-refractivity contribution in [3.8, 4) is 0 Å². The third-order valence-electron chi connectivity index (χ3n) is 3.29. The summed E-state index contributed by atoms with van der Waals surface area (Å²) in [5.41, 5.74) is -0.593. The fourth-order valence-electron chi connectivity index (χ4n) is 2.43. The molecule has 0 amide bonds. The summed E-state index contributed by atoms with van der Waals surface area (Å²) in [5.74, 6) is -1.26. The van der Waals surface area contributed by atoms with Crippen molar-refractivity contribution in [1.82, 2.24) is 10.6 Å². The predicted octanol–water partition coefficient (Wildman–Crippen LogP) is 1.09. The largest absolute Gasteiger partial charge is 0.466 e. The lowest BCUT2D eigenvalue weighted by Crippen LogP contribution is -2.65. The van der Waals surface area contributed by atoms with Crippen LogP contribution < -0.4 is 10.6 Å². The number of rotatable bonds is 3. The molecule has 6 heteroatoms. The average Bonchev–Trinajstić information content (AvgIpc) is 2.37. The normalized spacial score (nSPS) is 29.2. The Balaban J connectivity index is 2.39. The second kappa shape index (κ2) is 5.76. The van der Waals surface area contributed by atoms with E-state index in [1.54, 1.807) is 6.92 Å². The average molecular weight is 294 g/mol. The summed E-state index contributed by atoms with van der Waals surface area (Å²) in [6, 6.07) is 8.97. The van der Waals surface area contributed by atoms with Crippen LogP contribution in [-0.2, 0) is 9.53 Å². The number of thiocarbonyl (C=S) groups is 1. The van der Waals surface area contributed by atoms with Crippen molar-refractivity contribution in [3.05, 3.63) is 35.9 Å². The van der Waals surface area contributed by atoms with Gasteiger partial charge < -0.3 is 20.5 Å². The number of esters is 1. The SMILES string of the molecule is CCOC(=O)[C@@H]1[C@H](c2ccccc2)NC(=S)N[C@@]1(C)O. The van der Waals surface area contributed by atoms with Gasteiger partial charge in [-0.05, 0) is 31.6 Å². The van der Waals surface area contributed by atoms with Gasteiger partial charge in [0.25, 0.3) is 0 Å². The van der Waals surface area contributed by atoms with Crippen molar-refractivity contribution < 1.29 is 14.6 Å². The number of benzene rings is 1. The van der Waals surface area contributed by atoms with Crippen molar-refractivity contribution in [1.29, 1.82) is 0 Å². The van der Waals surface area contributed by atoms with Crippen LogP contribution in [0.1, 0.15) is 25.5 Å². The Bertz CT molecular complexity index is 504. The minimum absolute atomic E-state index is 0.261. The molecule has 0 aromatic heterocycles. The van der Waals surface area contributed by atoms with Gasteiger partial charge in [-0.2, -0.15) is 0 Å². The Hall–Kier alpha value is -1.66. The van der Waals surface area contributed by atoms with Gasteiger partial charge >= 0.3 is 5.97 Å². The number of carbonyl (C=O) groups excluding carboxylic acids is 1. The van der Waals surface area contributed by atoms with Crippen LogP contribution in [0.2, 0.25) is 0 Å². The van der Waals surface area contributed by atoms with E-state index < -0.39 is 23.7 Å². The number of hydrogen-bond donors (Lipinski definition) is 3. The molecule has 0 radical (unpaired) electrons.